The highest BCUT2D eigenvalue weighted by atomic mass is 32.1. The number of benzene rings is 1. The van der Waals surface area contributed by atoms with Crippen molar-refractivity contribution in [3.8, 4) is 0 Å². The van der Waals surface area contributed by atoms with Gasteiger partial charge in [0, 0.05) is 5.38 Å². The van der Waals surface area contributed by atoms with Crippen molar-refractivity contribution < 1.29 is 9.53 Å². The van der Waals surface area contributed by atoms with Crippen LogP contribution in [0.5, 0.6) is 0 Å². The summed E-state index contributed by atoms with van der Waals surface area (Å²) in [5.41, 5.74) is 2.23. The van der Waals surface area contributed by atoms with Gasteiger partial charge in [0.15, 0.2) is 0 Å². The number of aryl methyl sites for hydroxylation is 1. The second-order valence-corrected chi connectivity index (χ2v) is 6.01. The van der Waals surface area contributed by atoms with E-state index >= 15 is 0 Å². The van der Waals surface area contributed by atoms with Gasteiger partial charge in [-0.25, -0.2) is 9.78 Å². The van der Waals surface area contributed by atoms with E-state index in [0.29, 0.717) is 22.3 Å². The first-order chi connectivity index (χ1) is 11.1. The Bertz CT molecular complexity index is 927. The second kappa shape index (κ2) is 6.34. The number of esters is 1. The lowest BCUT2D eigenvalue weighted by molar-refractivity contribution is 0.0529. The average Bonchev–Trinajstić information content (AvgIpc) is 2.97. The molecule has 0 bridgehead atoms. The van der Waals surface area contributed by atoms with E-state index in [2.05, 4.69) is 4.98 Å². The Hall–Kier alpha value is -2.47. The zero-order chi connectivity index (χ0) is 16.4. The van der Waals surface area contributed by atoms with E-state index in [0.717, 1.165) is 11.1 Å². The van der Waals surface area contributed by atoms with Gasteiger partial charge < -0.3 is 4.74 Å². The van der Waals surface area contributed by atoms with E-state index in [-0.39, 0.29) is 12.2 Å². The smallest absolute Gasteiger partial charge is 0.339 e. The van der Waals surface area contributed by atoms with E-state index in [4.69, 9.17) is 4.74 Å². The predicted molar refractivity (Wildman–Crippen MR) is 90.1 cm³/mol. The summed E-state index contributed by atoms with van der Waals surface area (Å²) in [6.45, 7) is 4.43. The Morgan fingerprint density at radius 2 is 2.13 bits per heavy atom. The van der Waals surface area contributed by atoms with Crippen LogP contribution in [-0.4, -0.2) is 22.1 Å². The molecule has 0 aliphatic rings. The third-order valence-electron chi connectivity index (χ3n) is 3.66. The highest BCUT2D eigenvalue weighted by Gasteiger charge is 2.18. The quantitative estimate of drug-likeness (QED) is 0.691. The van der Waals surface area contributed by atoms with Crippen LogP contribution in [0.15, 0.2) is 40.8 Å². The summed E-state index contributed by atoms with van der Waals surface area (Å²) in [6.07, 6.45) is 1.53. The molecular weight excluding hydrogens is 312 g/mol. The Morgan fingerprint density at radius 1 is 1.35 bits per heavy atom. The van der Waals surface area contributed by atoms with Gasteiger partial charge in [0.05, 0.1) is 30.4 Å². The molecule has 0 radical (unpaired) electrons. The van der Waals surface area contributed by atoms with Gasteiger partial charge in [-0.3, -0.25) is 9.36 Å². The fourth-order valence-electron chi connectivity index (χ4n) is 2.41. The van der Waals surface area contributed by atoms with Crippen molar-refractivity contribution in [2.75, 3.05) is 6.61 Å². The SMILES string of the molecule is CCOC(=O)c1csc2ncn(Cc3ccccc3C)c(=O)c12. The number of carbonyl (C=O) groups excluding carboxylic acids is 1. The van der Waals surface area contributed by atoms with Crippen LogP contribution in [0.2, 0.25) is 0 Å². The number of carbonyl (C=O) groups is 1. The van der Waals surface area contributed by atoms with Crippen molar-refractivity contribution in [1.29, 1.82) is 0 Å². The molecule has 0 spiro atoms. The Labute approximate surface area is 137 Å². The lowest BCUT2D eigenvalue weighted by Crippen LogP contribution is -2.22. The largest absolute Gasteiger partial charge is 0.462 e. The van der Waals surface area contributed by atoms with Gasteiger partial charge in [-0.15, -0.1) is 11.3 Å². The zero-order valence-electron chi connectivity index (χ0n) is 12.9. The molecule has 0 fully saturated rings. The lowest BCUT2D eigenvalue weighted by Gasteiger charge is -2.08. The molecule has 0 atom stereocenters. The van der Waals surface area contributed by atoms with Crippen molar-refractivity contribution in [2.24, 2.45) is 0 Å². The first kappa shape index (κ1) is 15.4. The third-order valence-corrected chi connectivity index (χ3v) is 4.54. The maximum Gasteiger partial charge on any atom is 0.339 e. The summed E-state index contributed by atoms with van der Waals surface area (Å²) in [5, 5.41) is 1.97. The van der Waals surface area contributed by atoms with Crippen LogP contribution in [-0.2, 0) is 11.3 Å². The summed E-state index contributed by atoms with van der Waals surface area (Å²) in [7, 11) is 0. The first-order valence-corrected chi connectivity index (χ1v) is 8.18. The normalized spacial score (nSPS) is 10.9. The van der Waals surface area contributed by atoms with E-state index in [1.54, 1.807) is 12.3 Å². The third kappa shape index (κ3) is 2.90. The van der Waals surface area contributed by atoms with Crippen LogP contribution in [0, 0.1) is 6.92 Å². The molecule has 0 aliphatic carbocycles. The minimum atomic E-state index is -0.480. The molecule has 0 amide bonds. The Morgan fingerprint density at radius 3 is 2.87 bits per heavy atom. The summed E-state index contributed by atoms with van der Waals surface area (Å²) >= 11 is 1.28. The van der Waals surface area contributed by atoms with Crippen molar-refractivity contribution in [3.05, 3.63) is 63.0 Å². The predicted octanol–water partition coefficient (Wildman–Crippen LogP) is 2.99. The molecule has 0 saturated carbocycles. The van der Waals surface area contributed by atoms with Gasteiger partial charge in [0.2, 0.25) is 0 Å². The van der Waals surface area contributed by atoms with Gasteiger partial charge >= 0.3 is 5.97 Å². The fourth-order valence-corrected chi connectivity index (χ4v) is 3.28. The van der Waals surface area contributed by atoms with E-state index in [1.807, 2.05) is 31.2 Å². The fraction of sp³-hybridized carbons (Fsp3) is 0.235. The molecule has 0 unspecified atom stereocenters. The maximum absolute atomic E-state index is 12.8. The summed E-state index contributed by atoms with van der Waals surface area (Å²) in [6, 6.07) is 7.88. The number of thiophene rings is 1. The second-order valence-electron chi connectivity index (χ2n) is 5.15. The van der Waals surface area contributed by atoms with E-state index in [1.165, 1.54) is 22.2 Å². The van der Waals surface area contributed by atoms with Crippen LogP contribution in [0.1, 0.15) is 28.4 Å². The number of nitrogens with zero attached hydrogens (tertiary/aromatic N) is 2. The average molecular weight is 328 g/mol. The molecular formula is C17H16N2O3S. The van der Waals surface area contributed by atoms with Crippen LogP contribution in [0.25, 0.3) is 10.2 Å². The van der Waals surface area contributed by atoms with Crippen molar-refractivity contribution >= 4 is 27.5 Å². The molecule has 0 aliphatic heterocycles. The van der Waals surface area contributed by atoms with Crippen LogP contribution in [0.4, 0.5) is 0 Å². The summed E-state index contributed by atoms with van der Waals surface area (Å²) in [5.74, 6) is -0.480. The minimum absolute atomic E-state index is 0.220. The molecule has 2 aromatic heterocycles. The van der Waals surface area contributed by atoms with Gasteiger partial charge in [-0.05, 0) is 25.0 Å². The maximum atomic E-state index is 12.8. The number of rotatable bonds is 4. The first-order valence-electron chi connectivity index (χ1n) is 7.30. The number of fused-ring (bicyclic) bond motifs is 1. The molecule has 0 saturated heterocycles. The van der Waals surface area contributed by atoms with Gasteiger partial charge in [0.25, 0.3) is 5.56 Å². The summed E-state index contributed by atoms with van der Waals surface area (Å²) in [4.78, 5) is 29.6. The number of hydrogen-bond donors (Lipinski definition) is 0. The standard InChI is InChI=1S/C17H16N2O3S/c1-3-22-17(21)13-9-23-15-14(13)16(20)19(10-18-15)8-12-7-5-4-6-11(12)2/h4-7,9-10H,3,8H2,1-2H3. The minimum Gasteiger partial charge on any atom is -0.462 e. The highest BCUT2D eigenvalue weighted by Crippen LogP contribution is 2.21. The van der Waals surface area contributed by atoms with E-state index < -0.39 is 5.97 Å². The lowest BCUT2D eigenvalue weighted by atomic mass is 10.1. The summed E-state index contributed by atoms with van der Waals surface area (Å²) < 4.78 is 6.55. The highest BCUT2D eigenvalue weighted by molar-refractivity contribution is 7.17. The molecule has 3 aromatic rings. The Balaban J connectivity index is 2.08. The van der Waals surface area contributed by atoms with Crippen LogP contribution in [0.3, 0.4) is 0 Å². The molecule has 2 heterocycles. The van der Waals surface area contributed by atoms with Crippen molar-refractivity contribution in [3.63, 3.8) is 0 Å². The van der Waals surface area contributed by atoms with Gasteiger partial charge in [-0.1, -0.05) is 24.3 Å². The molecule has 0 N–H and O–H groups in total. The van der Waals surface area contributed by atoms with Gasteiger partial charge in [0.1, 0.15) is 4.83 Å². The molecule has 1 aromatic carbocycles. The number of hydrogen-bond acceptors (Lipinski definition) is 5. The topological polar surface area (TPSA) is 61.2 Å². The molecule has 23 heavy (non-hydrogen) atoms. The number of ether oxygens (including phenoxy) is 1. The molecule has 5 nitrogen and oxygen atoms in total. The number of aromatic nitrogens is 2. The van der Waals surface area contributed by atoms with Crippen molar-refractivity contribution in [2.45, 2.75) is 20.4 Å². The van der Waals surface area contributed by atoms with E-state index in [9.17, 15) is 9.59 Å². The molecule has 6 heteroatoms. The van der Waals surface area contributed by atoms with Crippen LogP contribution >= 0.6 is 11.3 Å². The van der Waals surface area contributed by atoms with Gasteiger partial charge in [-0.2, -0.15) is 0 Å². The zero-order valence-corrected chi connectivity index (χ0v) is 13.7. The van der Waals surface area contributed by atoms with Crippen LogP contribution < -0.4 is 5.56 Å². The molecule has 3 rings (SSSR count). The molecule has 118 valence electrons. The monoisotopic (exact) mass is 328 g/mol. The Kier molecular flexibility index (Phi) is 4.25. The van der Waals surface area contributed by atoms with Crippen molar-refractivity contribution in [1.82, 2.24) is 9.55 Å².